The Morgan fingerprint density at radius 3 is 2.56 bits per heavy atom. The first-order valence-corrected chi connectivity index (χ1v) is 11.6. The number of fused-ring (bicyclic) bond motifs is 6. The number of hydrogen-bond acceptors (Lipinski definition) is 6. The number of nitrogens with one attached hydrogen (secondary N) is 5. The third-order valence-electron chi connectivity index (χ3n) is 5.90. The Morgan fingerprint density at radius 2 is 1.75 bits per heavy atom. The lowest BCUT2D eigenvalue weighted by Crippen LogP contribution is -2.44. The molecule has 194 valence electrons. The molecule has 3 aromatic rings. The van der Waals surface area contributed by atoms with Crippen LogP contribution in [-0.4, -0.2) is 35.1 Å². The minimum absolute atomic E-state index is 0. The first-order chi connectivity index (χ1) is 16.1. The van der Waals surface area contributed by atoms with E-state index in [9.17, 15) is 4.79 Å². The Balaban J connectivity index is 0.00000152. The third-order valence-corrected chi connectivity index (χ3v) is 6.18. The second-order valence-corrected chi connectivity index (χ2v) is 8.74. The van der Waals surface area contributed by atoms with Gasteiger partial charge in [0.25, 0.3) is 0 Å². The maximum absolute atomic E-state index is 12.7. The standard InChI is InChI=1S/C24H26ClN7O.3ClH/c25-20-14-27-23-29-18-3-1-2-15(12-18)4-5-16-13-19(28-22(20)32-23)6-7-21(16)31-24(33)30-17-8-10-26-11-9-17;;;/h1-3,6-7,12-14,17,26H,4-5,8-11H2,(H2,30,31,33)(H2,27,28,29,32);3*1H. The number of rotatable bonds is 2. The molecule has 2 aliphatic rings. The SMILES string of the molecule is Cl.Cl.Cl.O=C(Nc1ccc2cc1CCc1cccc(c1)Nc1ncc(Cl)c(n1)N2)NC1CCNCC1. The summed E-state index contributed by atoms with van der Waals surface area (Å²) in [7, 11) is 0. The molecule has 0 radical (unpaired) electrons. The summed E-state index contributed by atoms with van der Waals surface area (Å²) < 4.78 is 0. The van der Waals surface area contributed by atoms with Gasteiger partial charge in [-0.3, -0.25) is 0 Å². The smallest absolute Gasteiger partial charge is 0.319 e. The molecule has 2 aliphatic heterocycles. The van der Waals surface area contributed by atoms with Crippen LogP contribution in [0.25, 0.3) is 0 Å². The van der Waals surface area contributed by atoms with E-state index in [2.05, 4.69) is 48.7 Å². The number of benzene rings is 2. The monoisotopic (exact) mass is 571 g/mol. The summed E-state index contributed by atoms with van der Waals surface area (Å²) in [5.41, 5.74) is 4.75. The largest absolute Gasteiger partial charge is 0.339 e. The van der Waals surface area contributed by atoms with E-state index in [1.54, 1.807) is 6.20 Å². The van der Waals surface area contributed by atoms with Crippen LogP contribution in [0.4, 0.5) is 33.6 Å². The topological polar surface area (TPSA) is 103 Å². The molecule has 0 unspecified atom stereocenters. The van der Waals surface area contributed by atoms with Crippen molar-refractivity contribution in [3.8, 4) is 0 Å². The van der Waals surface area contributed by atoms with Gasteiger partial charge in [-0.1, -0.05) is 23.7 Å². The van der Waals surface area contributed by atoms with Gasteiger partial charge in [0.2, 0.25) is 5.95 Å². The summed E-state index contributed by atoms with van der Waals surface area (Å²) in [6.45, 7) is 1.86. The number of aromatic nitrogens is 2. The number of amides is 2. The molecule has 0 spiro atoms. The van der Waals surface area contributed by atoms with Crippen molar-refractivity contribution < 1.29 is 4.79 Å². The summed E-state index contributed by atoms with van der Waals surface area (Å²) in [6.07, 6.45) is 5.04. The second-order valence-electron chi connectivity index (χ2n) is 8.34. The highest BCUT2D eigenvalue weighted by molar-refractivity contribution is 6.32. The Kier molecular flexibility index (Phi) is 11.3. The van der Waals surface area contributed by atoms with E-state index in [0.29, 0.717) is 16.8 Å². The van der Waals surface area contributed by atoms with Gasteiger partial charge in [-0.2, -0.15) is 4.98 Å². The van der Waals surface area contributed by atoms with Gasteiger partial charge in [0.1, 0.15) is 5.02 Å². The number of carbonyl (C=O) groups excluding carboxylic acids is 1. The van der Waals surface area contributed by atoms with E-state index in [0.717, 1.165) is 61.4 Å². The molecule has 36 heavy (non-hydrogen) atoms. The Labute approximate surface area is 234 Å². The molecule has 1 fully saturated rings. The molecule has 5 N–H and O–H groups in total. The molecule has 0 aliphatic carbocycles. The summed E-state index contributed by atoms with van der Waals surface area (Å²) >= 11 is 6.34. The van der Waals surface area contributed by atoms with E-state index >= 15 is 0 Å². The zero-order valence-corrected chi connectivity index (χ0v) is 22.5. The van der Waals surface area contributed by atoms with E-state index in [-0.39, 0.29) is 49.3 Å². The number of aryl methyl sites for hydroxylation is 2. The number of anilines is 5. The molecule has 12 heteroatoms. The van der Waals surface area contributed by atoms with Crippen molar-refractivity contribution in [2.75, 3.05) is 29.0 Å². The lowest BCUT2D eigenvalue weighted by molar-refractivity contribution is 0.245. The maximum Gasteiger partial charge on any atom is 0.319 e. The highest BCUT2D eigenvalue weighted by Crippen LogP contribution is 2.29. The van der Waals surface area contributed by atoms with Crippen LogP contribution >= 0.6 is 48.8 Å². The van der Waals surface area contributed by atoms with Crippen molar-refractivity contribution in [2.24, 2.45) is 0 Å². The molecule has 0 atom stereocenters. The lowest BCUT2D eigenvalue weighted by atomic mass is 10.0. The van der Waals surface area contributed by atoms with E-state index in [1.807, 2.05) is 30.3 Å². The number of urea groups is 1. The normalized spacial score (nSPS) is 14.4. The molecule has 0 saturated carbocycles. The van der Waals surface area contributed by atoms with E-state index < -0.39 is 0 Å². The number of piperidine rings is 1. The van der Waals surface area contributed by atoms with Crippen molar-refractivity contribution in [1.29, 1.82) is 0 Å². The summed E-state index contributed by atoms with van der Waals surface area (Å²) in [5, 5.41) is 16.4. The molecule has 2 aromatic carbocycles. The first kappa shape index (κ1) is 29.7. The Bertz CT molecular complexity index is 1170. The first-order valence-electron chi connectivity index (χ1n) is 11.2. The summed E-state index contributed by atoms with van der Waals surface area (Å²) in [6, 6.07) is 14.1. The summed E-state index contributed by atoms with van der Waals surface area (Å²) in [5.74, 6) is 0.978. The Hall–Kier alpha value is -2.49. The maximum atomic E-state index is 12.7. The van der Waals surface area contributed by atoms with Gasteiger partial charge in [-0.05, 0) is 80.2 Å². The fraction of sp³-hybridized carbons (Fsp3) is 0.292. The summed E-state index contributed by atoms with van der Waals surface area (Å²) in [4.78, 5) is 21.5. The van der Waals surface area contributed by atoms with Gasteiger partial charge in [-0.25, -0.2) is 9.78 Å². The van der Waals surface area contributed by atoms with Crippen LogP contribution in [0.15, 0.2) is 48.7 Å². The molecule has 1 saturated heterocycles. The quantitative estimate of drug-likeness (QED) is 0.264. The Morgan fingerprint density at radius 1 is 0.972 bits per heavy atom. The van der Waals surface area contributed by atoms with Gasteiger partial charge < -0.3 is 26.6 Å². The van der Waals surface area contributed by atoms with Gasteiger partial charge in [-0.15, -0.1) is 37.2 Å². The van der Waals surface area contributed by atoms with Gasteiger partial charge in [0, 0.05) is 23.1 Å². The van der Waals surface area contributed by atoms with Crippen molar-refractivity contribution in [1.82, 2.24) is 20.6 Å². The predicted molar refractivity (Wildman–Crippen MR) is 154 cm³/mol. The molecule has 1 aromatic heterocycles. The number of hydrogen-bond donors (Lipinski definition) is 5. The van der Waals surface area contributed by atoms with Crippen LogP contribution in [0.3, 0.4) is 0 Å². The van der Waals surface area contributed by atoms with Crippen LogP contribution in [0.5, 0.6) is 0 Å². The fourth-order valence-corrected chi connectivity index (χ4v) is 4.31. The number of nitrogens with zero attached hydrogens (tertiary/aromatic N) is 2. The van der Waals surface area contributed by atoms with Gasteiger partial charge >= 0.3 is 6.03 Å². The molecular formula is C24H29Cl4N7O. The van der Waals surface area contributed by atoms with Crippen molar-refractivity contribution in [2.45, 2.75) is 31.7 Å². The van der Waals surface area contributed by atoms with Crippen LogP contribution in [0, 0.1) is 0 Å². The second kappa shape index (κ2) is 13.7. The van der Waals surface area contributed by atoms with Crippen molar-refractivity contribution in [3.63, 3.8) is 0 Å². The average molecular weight is 573 g/mol. The minimum Gasteiger partial charge on any atom is -0.339 e. The van der Waals surface area contributed by atoms with E-state index in [4.69, 9.17) is 11.6 Å². The third kappa shape index (κ3) is 7.51. The van der Waals surface area contributed by atoms with Crippen molar-refractivity contribution >= 4 is 83.7 Å². The highest BCUT2D eigenvalue weighted by Gasteiger charge is 2.17. The van der Waals surface area contributed by atoms with Gasteiger partial charge in [0.05, 0.1) is 6.20 Å². The zero-order valence-electron chi connectivity index (χ0n) is 19.3. The minimum atomic E-state index is -0.170. The van der Waals surface area contributed by atoms with Crippen LogP contribution in [0.2, 0.25) is 5.02 Å². The zero-order chi connectivity index (χ0) is 22.6. The molecule has 8 nitrogen and oxygen atoms in total. The highest BCUT2D eigenvalue weighted by atomic mass is 35.5. The molecule has 5 rings (SSSR count). The fourth-order valence-electron chi connectivity index (χ4n) is 4.17. The number of halogens is 4. The average Bonchev–Trinajstić information content (AvgIpc) is 2.82. The van der Waals surface area contributed by atoms with Crippen LogP contribution in [0.1, 0.15) is 24.0 Å². The van der Waals surface area contributed by atoms with Gasteiger partial charge in [0.15, 0.2) is 5.82 Å². The molecule has 6 bridgehead atoms. The predicted octanol–water partition coefficient (Wildman–Crippen LogP) is 5.85. The van der Waals surface area contributed by atoms with Crippen LogP contribution < -0.4 is 26.6 Å². The lowest BCUT2D eigenvalue weighted by Gasteiger charge is -2.24. The molecular weight excluding hydrogens is 544 g/mol. The van der Waals surface area contributed by atoms with Crippen LogP contribution in [-0.2, 0) is 12.8 Å². The molecule has 2 amide bonds. The van der Waals surface area contributed by atoms with Crippen molar-refractivity contribution in [3.05, 3.63) is 64.8 Å². The van der Waals surface area contributed by atoms with E-state index in [1.165, 1.54) is 5.56 Å². The molecule has 3 heterocycles. The number of carbonyl (C=O) groups is 1.